The van der Waals surface area contributed by atoms with E-state index in [9.17, 15) is 46.4 Å². The zero-order valence-corrected chi connectivity index (χ0v) is 22.9. The van der Waals surface area contributed by atoms with Crippen LogP contribution in [-0.2, 0) is 33.1 Å². The molecule has 0 bridgehead atoms. The molecule has 0 saturated heterocycles. The first-order valence-electron chi connectivity index (χ1n) is 11.0. The first-order chi connectivity index (χ1) is 15.2. The molecule has 3 atom stereocenters. The number of amides is 1. The highest BCUT2D eigenvalue weighted by molar-refractivity contribution is 7.85. The molecule has 12 nitrogen and oxygen atoms in total. The number of rotatable bonds is 17. The van der Waals surface area contributed by atoms with Crippen molar-refractivity contribution >= 4 is 37.2 Å². The summed E-state index contributed by atoms with van der Waals surface area (Å²) in [7, 11) is -15.3. The summed E-state index contributed by atoms with van der Waals surface area (Å²) in [5, 5.41) is 0. The normalized spacial score (nSPS) is 16.5. The highest BCUT2D eigenvalue weighted by atomic mass is 32.2. The second kappa shape index (κ2) is 13.6. The molecule has 0 saturated carbocycles. The van der Waals surface area contributed by atoms with E-state index in [4.69, 9.17) is 0 Å². The van der Waals surface area contributed by atoms with Gasteiger partial charge >= 0.3 is 0 Å². The molecule has 0 aromatic rings. The van der Waals surface area contributed by atoms with Gasteiger partial charge in [-0.05, 0) is 24.7 Å². The summed E-state index contributed by atoms with van der Waals surface area (Å²) in [6.45, 7) is 7.96. The Bertz CT molecular complexity index is 885. The van der Waals surface area contributed by atoms with Crippen molar-refractivity contribution in [3.8, 4) is 0 Å². The molecule has 15 heteroatoms. The van der Waals surface area contributed by atoms with Gasteiger partial charge in [0, 0.05) is 43.3 Å². The zero-order valence-electron chi connectivity index (χ0n) is 20.3. The van der Waals surface area contributed by atoms with E-state index in [1.807, 2.05) is 6.92 Å². The predicted molar refractivity (Wildman–Crippen MR) is 118 cm³/mol. The Hall–Kier alpha value is -0.650. The fraction of sp³-hybridized carbons (Fsp3) is 0.895. The molecule has 0 aliphatic carbocycles. The van der Waals surface area contributed by atoms with Gasteiger partial charge in [0.25, 0.3) is 0 Å². The summed E-state index contributed by atoms with van der Waals surface area (Å²) in [5.74, 6) is -2.71. The van der Waals surface area contributed by atoms with Crippen molar-refractivity contribution in [1.29, 1.82) is 0 Å². The van der Waals surface area contributed by atoms with Gasteiger partial charge < -0.3 is 37.6 Å². The minimum absolute atomic E-state index is 0.124. The predicted octanol–water partition coefficient (Wildman–Crippen LogP) is 0.597. The van der Waals surface area contributed by atoms with Gasteiger partial charge in [-0.1, -0.05) is 41.0 Å². The number of ketones is 1. The average Bonchev–Trinajstić information content (AvgIpc) is 2.60. The third-order valence-electron chi connectivity index (χ3n) is 5.19. The average molecular weight is 548 g/mol. The van der Waals surface area contributed by atoms with E-state index in [0.29, 0.717) is 19.3 Å². The SMILES string of the molecule is CCCCN(CCP(=O)([O-])OP(=O)([O-])[O-])C(=O)C(C)CC(CC)C(=O)CC(C)(C)CS(=O)(=O)[O-]. The van der Waals surface area contributed by atoms with Crippen LogP contribution in [0.4, 0.5) is 0 Å². The highest BCUT2D eigenvalue weighted by Crippen LogP contribution is 2.49. The summed E-state index contributed by atoms with van der Waals surface area (Å²) in [4.78, 5) is 60.0. The van der Waals surface area contributed by atoms with E-state index in [1.165, 1.54) is 18.7 Å². The van der Waals surface area contributed by atoms with E-state index >= 15 is 0 Å². The highest BCUT2D eigenvalue weighted by Gasteiger charge is 2.31. The first kappa shape index (κ1) is 33.4. The topological polar surface area (TPSA) is 207 Å². The second-order valence-electron chi connectivity index (χ2n) is 9.29. The minimum Gasteiger partial charge on any atom is -0.790 e. The van der Waals surface area contributed by atoms with Gasteiger partial charge in [-0.25, -0.2) is 8.42 Å². The van der Waals surface area contributed by atoms with Crippen LogP contribution in [-0.4, -0.2) is 54.6 Å². The monoisotopic (exact) mass is 547 g/mol. The Labute approximate surface area is 202 Å². The van der Waals surface area contributed by atoms with Crippen molar-refractivity contribution in [3.63, 3.8) is 0 Å². The molecule has 3 unspecified atom stereocenters. The maximum atomic E-state index is 13.0. The van der Waals surface area contributed by atoms with Crippen molar-refractivity contribution in [1.82, 2.24) is 4.90 Å². The molecule has 202 valence electrons. The number of phosphoric acid groups is 1. The van der Waals surface area contributed by atoms with E-state index in [2.05, 4.69) is 4.31 Å². The van der Waals surface area contributed by atoms with Crippen LogP contribution >= 0.6 is 15.4 Å². The molecule has 0 aromatic heterocycles. The molecule has 1 amide bonds. The summed E-state index contributed by atoms with van der Waals surface area (Å²) >= 11 is 0. The summed E-state index contributed by atoms with van der Waals surface area (Å²) in [6, 6.07) is 0. The van der Waals surface area contributed by atoms with Crippen LogP contribution in [0.2, 0.25) is 0 Å². The maximum absolute atomic E-state index is 13.0. The second-order valence-corrected chi connectivity index (χ2v) is 13.9. The molecular weight excluding hydrogens is 512 g/mol. The Morgan fingerprint density at radius 3 is 2.09 bits per heavy atom. The molecule has 0 aliphatic rings. The van der Waals surface area contributed by atoms with Crippen molar-refractivity contribution in [2.24, 2.45) is 17.3 Å². The molecule has 0 fully saturated rings. The number of unbranched alkanes of at least 4 members (excludes halogenated alkanes) is 1. The quantitative estimate of drug-likeness (QED) is 0.182. The van der Waals surface area contributed by atoms with Crippen molar-refractivity contribution in [2.75, 3.05) is 25.0 Å². The van der Waals surface area contributed by atoms with Crippen LogP contribution in [0, 0.1) is 17.3 Å². The van der Waals surface area contributed by atoms with Crippen molar-refractivity contribution in [2.45, 2.75) is 66.7 Å². The molecule has 0 aromatic carbocycles. The van der Waals surface area contributed by atoms with Crippen molar-refractivity contribution < 1.29 is 50.7 Å². The largest absolute Gasteiger partial charge is 0.790 e. The molecule has 0 rings (SSSR count). The Morgan fingerprint density at radius 1 is 1.09 bits per heavy atom. The molecular formula is C19H35NO11P2S-4. The van der Waals surface area contributed by atoms with Crippen LogP contribution < -0.4 is 14.7 Å². The van der Waals surface area contributed by atoms with Gasteiger partial charge in [0.05, 0.1) is 17.9 Å². The lowest BCUT2D eigenvalue weighted by atomic mass is 9.81. The molecule has 0 spiro atoms. The van der Waals surface area contributed by atoms with Gasteiger partial charge in [0.15, 0.2) is 0 Å². The van der Waals surface area contributed by atoms with Crippen LogP contribution in [0.3, 0.4) is 0 Å². The molecule has 0 heterocycles. The zero-order chi connectivity index (χ0) is 27.0. The summed E-state index contributed by atoms with van der Waals surface area (Å²) in [6.07, 6.45) is 0.703. The van der Waals surface area contributed by atoms with E-state index in [0.717, 1.165) is 0 Å². The van der Waals surface area contributed by atoms with Gasteiger partial charge in [-0.3, -0.25) is 9.59 Å². The lowest BCUT2D eigenvalue weighted by Crippen LogP contribution is -2.40. The van der Waals surface area contributed by atoms with Gasteiger partial charge in [0.1, 0.15) is 13.4 Å². The van der Waals surface area contributed by atoms with Crippen LogP contribution in [0.25, 0.3) is 0 Å². The van der Waals surface area contributed by atoms with Gasteiger partial charge in [-0.15, -0.1) is 0 Å². The van der Waals surface area contributed by atoms with E-state index in [-0.39, 0.29) is 31.7 Å². The molecule has 34 heavy (non-hydrogen) atoms. The van der Waals surface area contributed by atoms with Crippen molar-refractivity contribution in [3.05, 3.63) is 0 Å². The number of nitrogens with zero attached hydrogens (tertiary/aromatic N) is 1. The molecule has 0 radical (unpaired) electrons. The third kappa shape index (κ3) is 14.7. The number of carbonyl (C=O) groups is 2. The first-order valence-corrected chi connectivity index (χ1v) is 15.8. The van der Waals surface area contributed by atoms with Gasteiger partial charge in [0.2, 0.25) is 5.91 Å². The Morgan fingerprint density at radius 2 is 1.65 bits per heavy atom. The molecule has 0 N–H and O–H groups in total. The lowest BCUT2D eigenvalue weighted by molar-refractivity contribution is -0.337. The Balaban J connectivity index is 5.31. The van der Waals surface area contributed by atoms with Crippen LogP contribution in [0.5, 0.6) is 0 Å². The number of carbonyl (C=O) groups excluding carboxylic acids is 2. The Kier molecular flexibility index (Phi) is 13.3. The maximum Gasteiger partial charge on any atom is 0.225 e. The summed E-state index contributed by atoms with van der Waals surface area (Å²) in [5.41, 5.74) is -1.07. The van der Waals surface area contributed by atoms with Crippen LogP contribution in [0.15, 0.2) is 0 Å². The van der Waals surface area contributed by atoms with Gasteiger partial charge in [-0.2, -0.15) is 0 Å². The van der Waals surface area contributed by atoms with E-state index < -0.39 is 60.6 Å². The fourth-order valence-electron chi connectivity index (χ4n) is 3.63. The smallest absolute Gasteiger partial charge is 0.225 e. The minimum atomic E-state index is -5.75. The number of hydrogen-bond donors (Lipinski definition) is 0. The molecule has 0 aliphatic heterocycles. The fourth-order valence-corrected chi connectivity index (χ4v) is 6.72. The summed E-state index contributed by atoms with van der Waals surface area (Å²) < 4.78 is 59.2. The third-order valence-corrected chi connectivity index (χ3v) is 8.87. The van der Waals surface area contributed by atoms with E-state index in [1.54, 1.807) is 13.8 Å². The number of Topliss-reactive ketones (excluding diaryl/α,β-unsaturated/α-hetero) is 1. The van der Waals surface area contributed by atoms with Crippen LogP contribution in [0.1, 0.15) is 66.7 Å². The lowest BCUT2D eigenvalue weighted by Gasteiger charge is -2.37. The standard InChI is InChI=1S/C19H39NO11P2S/c1-6-8-9-20(10-11-32(23,24)31-33(25,26)27)18(22)15(3)12-16(7-2)17(21)13-19(4,5)14-34(28,29)30/h15-16H,6-14H2,1-5H3,(H,23,24)(H2,25,26,27)(H,28,29,30)/p-4. The number of hydrogen-bond acceptors (Lipinski definition) is 11.